The van der Waals surface area contributed by atoms with E-state index in [0.717, 1.165) is 0 Å². The number of rotatable bonds is 2. The molecular formula is C13H15NO3. The average Bonchev–Trinajstić information content (AvgIpc) is 2.49. The zero-order valence-electron chi connectivity index (χ0n) is 10.2. The predicted molar refractivity (Wildman–Crippen MR) is 63.9 cm³/mol. The summed E-state index contributed by atoms with van der Waals surface area (Å²) in [4.78, 5) is 25.1. The van der Waals surface area contributed by atoms with Gasteiger partial charge in [0.2, 0.25) is 11.8 Å². The second kappa shape index (κ2) is 3.87. The van der Waals surface area contributed by atoms with Crippen LogP contribution in [0.2, 0.25) is 0 Å². The summed E-state index contributed by atoms with van der Waals surface area (Å²) >= 11 is 0. The van der Waals surface area contributed by atoms with Crippen molar-refractivity contribution in [3.63, 3.8) is 0 Å². The van der Waals surface area contributed by atoms with Crippen LogP contribution in [0.3, 0.4) is 0 Å². The van der Waals surface area contributed by atoms with E-state index < -0.39 is 5.41 Å². The lowest BCUT2D eigenvalue weighted by atomic mass is 9.92. The molecule has 0 bridgehead atoms. The lowest BCUT2D eigenvalue weighted by Crippen LogP contribution is -2.32. The number of carbonyl (C=O) groups is 2. The molecule has 1 aliphatic rings. The van der Waals surface area contributed by atoms with Crippen LogP contribution >= 0.6 is 0 Å². The molecule has 0 saturated carbocycles. The van der Waals surface area contributed by atoms with Gasteiger partial charge >= 0.3 is 0 Å². The van der Waals surface area contributed by atoms with Crippen LogP contribution in [-0.4, -0.2) is 18.9 Å². The van der Waals surface area contributed by atoms with Gasteiger partial charge in [0.25, 0.3) is 0 Å². The first-order chi connectivity index (χ1) is 7.95. The molecule has 1 aliphatic heterocycles. The Bertz CT molecular complexity index is 462. The molecule has 0 aromatic heterocycles. The van der Waals surface area contributed by atoms with Crippen molar-refractivity contribution in [3.05, 3.63) is 24.3 Å². The molecule has 4 heteroatoms. The van der Waals surface area contributed by atoms with Crippen molar-refractivity contribution >= 4 is 17.5 Å². The molecule has 0 N–H and O–H groups in total. The minimum atomic E-state index is -0.600. The zero-order valence-corrected chi connectivity index (χ0v) is 10.2. The van der Waals surface area contributed by atoms with Gasteiger partial charge in [0.05, 0.1) is 18.2 Å². The molecule has 0 aliphatic carbocycles. The highest BCUT2D eigenvalue weighted by atomic mass is 16.5. The smallest absolute Gasteiger partial charge is 0.239 e. The summed E-state index contributed by atoms with van der Waals surface area (Å²) in [6.45, 7) is 3.58. The van der Waals surface area contributed by atoms with Crippen LogP contribution in [0.15, 0.2) is 24.3 Å². The van der Waals surface area contributed by atoms with Gasteiger partial charge in [0.15, 0.2) is 0 Å². The van der Waals surface area contributed by atoms with Crippen LogP contribution in [0, 0.1) is 5.41 Å². The third kappa shape index (κ3) is 1.90. The fraction of sp³-hybridized carbons (Fsp3) is 0.385. The Balaban J connectivity index is 2.34. The Morgan fingerprint density at radius 1 is 1.18 bits per heavy atom. The van der Waals surface area contributed by atoms with E-state index in [-0.39, 0.29) is 18.2 Å². The first-order valence-electron chi connectivity index (χ1n) is 5.47. The van der Waals surface area contributed by atoms with Gasteiger partial charge in [-0.05, 0) is 24.3 Å². The van der Waals surface area contributed by atoms with Crippen LogP contribution < -0.4 is 9.64 Å². The minimum absolute atomic E-state index is 0.146. The van der Waals surface area contributed by atoms with E-state index in [0.29, 0.717) is 11.4 Å². The molecule has 0 spiro atoms. The molecule has 0 atom stereocenters. The number of imide groups is 1. The van der Waals surface area contributed by atoms with Crippen LogP contribution in [0.1, 0.15) is 20.3 Å². The number of ether oxygens (including phenoxy) is 1. The van der Waals surface area contributed by atoms with E-state index in [9.17, 15) is 9.59 Å². The maximum Gasteiger partial charge on any atom is 0.239 e. The molecule has 1 aromatic carbocycles. The number of nitrogens with zero attached hydrogens (tertiary/aromatic N) is 1. The molecule has 1 saturated heterocycles. The van der Waals surface area contributed by atoms with Gasteiger partial charge in [-0.1, -0.05) is 13.8 Å². The molecule has 1 fully saturated rings. The first-order valence-corrected chi connectivity index (χ1v) is 5.47. The van der Waals surface area contributed by atoms with Crippen molar-refractivity contribution in [1.29, 1.82) is 0 Å². The minimum Gasteiger partial charge on any atom is -0.497 e. The third-order valence-electron chi connectivity index (χ3n) is 2.96. The Labute approximate surface area is 100 Å². The quantitative estimate of drug-likeness (QED) is 0.734. The van der Waals surface area contributed by atoms with Gasteiger partial charge in [0, 0.05) is 6.42 Å². The molecule has 0 radical (unpaired) electrons. The summed E-state index contributed by atoms with van der Waals surface area (Å²) in [7, 11) is 1.57. The number of hydrogen-bond donors (Lipinski definition) is 0. The van der Waals surface area contributed by atoms with Gasteiger partial charge in [-0.3, -0.25) is 14.5 Å². The largest absolute Gasteiger partial charge is 0.497 e. The van der Waals surface area contributed by atoms with E-state index in [1.165, 1.54) is 4.90 Å². The lowest BCUT2D eigenvalue weighted by molar-refractivity contribution is -0.124. The lowest BCUT2D eigenvalue weighted by Gasteiger charge is -2.17. The van der Waals surface area contributed by atoms with E-state index in [2.05, 4.69) is 0 Å². The summed E-state index contributed by atoms with van der Waals surface area (Å²) < 4.78 is 5.04. The molecule has 0 unspecified atom stereocenters. The number of anilines is 1. The monoisotopic (exact) mass is 233 g/mol. The Morgan fingerprint density at radius 3 is 2.18 bits per heavy atom. The van der Waals surface area contributed by atoms with Crippen molar-refractivity contribution in [2.24, 2.45) is 5.41 Å². The van der Waals surface area contributed by atoms with Gasteiger partial charge < -0.3 is 4.74 Å². The number of hydrogen-bond acceptors (Lipinski definition) is 3. The van der Waals surface area contributed by atoms with Crippen LogP contribution in [0.5, 0.6) is 5.75 Å². The van der Waals surface area contributed by atoms with Crippen molar-refractivity contribution in [1.82, 2.24) is 0 Å². The third-order valence-corrected chi connectivity index (χ3v) is 2.96. The number of methoxy groups -OCH3 is 1. The second-order valence-corrected chi connectivity index (χ2v) is 4.79. The normalized spacial score (nSPS) is 18.6. The molecule has 2 amide bonds. The summed E-state index contributed by atoms with van der Waals surface area (Å²) in [5.74, 6) is 0.407. The highest BCUT2D eigenvalue weighted by molar-refractivity contribution is 6.22. The van der Waals surface area contributed by atoms with Crippen LogP contribution in [-0.2, 0) is 9.59 Å². The standard InChI is InChI=1S/C13H15NO3/c1-13(2)8-11(15)14(12(13)16)9-4-6-10(17-3)7-5-9/h4-7H,8H2,1-3H3. The highest BCUT2D eigenvalue weighted by Gasteiger charge is 2.45. The Morgan fingerprint density at radius 2 is 1.76 bits per heavy atom. The fourth-order valence-electron chi connectivity index (χ4n) is 1.94. The molecule has 4 nitrogen and oxygen atoms in total. The molecule has 90 valence electrons. The SMILES string of the molecule is COc1ccc(N2C(=O)CC(C)(C)C2=O)cc1. The van der Waals surface area contributed by atoms with Gasteiger partial charge in [-0.25, -0.2) is 0 Å². The van der Waals surface area contributed by atoms with Crippen molar-refractivity contribution in [2.75, 3.05) is 12.0 Å². The van der Waals surface area contributed by atoms with Gasteiger partial charge in [-0.15, -0.1) is 0 Å². The summed E-state index contributed by atoms with van der Waals surface area (Å²) in [6.07, 6.45) is 0.262. The number of benzene rings is 1. The highest BCUT2D eigenvalue weighted by Crippen LogP contribution is 2.35. The Kier molecular flexibility index (Phi) is 2.65. The second-order valence-electron chi connectivity index (χ2n) is 4.79. The average molecular weight is 233 g/mol. The molecule has 2 rings (SSSR count). The first kappa shape index (κ1) is 11.6. The number of carbonyl (C=O) groups excluding carboxylic acids is 2. The Hall–Kier alpha value is -1.84. The van der Waals surface area contributed by atoms with E-state index >= 15 is 0 Å². The van der Waals surface area contributed by atoms with E-state index in [1.807, 2.05) is 0 Å². The fourth-order valence-corrected chi connectivity index (χ4v) is 1.94. The van der Waals surface area contributed by atoms with Gasteiger partial charge in [-0.2, -0.15) is 0 Å². The summed E-state index contributed by atoms with van der Waals surface area (Å²) in [5.41, 5.74) is 0.00294. The molecule has 1 heterocycles. The predicted octanol–water partition coefficient (Wildman–Crippen LogP) is 1.98. The van der Waals surface area contributed by atoms with Gasteiger partial charge in [0.1, 0.15) is 5.75 Å². The molecule has 17 heavy (non-hydrogen) atoms. The topological polar surface area (TPSA) is 46.6 Å². The van der Waals surface area contributed by atoms with Crippen LogP contribution in [0.4, 0.5) is 5.69 Å². The van der Waals surface area contributed by atoms with Crippen molar-refractivity contribution < 1.29 is 14.3 Å². The maximum absolute atomic E-state index is 12.1. The van der Waals surface area contributed by atoms with Crippen molar-refractivity contribution in [2.45, 2.75) is 20.3 Å². The van der Waals surface area contributed by atoms with Crippen molar-refractivity contribution in [3.8, 4) is 5.75 Å². The summed E-state index contributed by atoms with van der Waals surface area (Å²) in [6, 6.07) is 6.91. The molecule has 1 aromatic rings. The summed E-state index contributed by atoms with van der Waals surface area (Å²) in [5, 5.41) is 0. The van der Waals surface area contributed by atoms with E-state index in [1.54, 1.807) is 45.2 Å². The maximum atomic E-state index is 12.1. The van der Waals surface area contributed by atoms with Crippen LogP contribution in [0.25, 0.3) is 0 Å². The van der Waals surface area contributed by atoms with E-state index in [4.69, 9.17) is 4.74 Å². The molecular weight excluding hydrogens is 218 g/mol. The number of amides is 2. The zero-order chi connectivity index (χ0) is 12.6.